The summed E-state index contributed by atoms with van der Waals surface area (Å²) in [4.78, 5) is 9.95. The van der Waals surface area contributed by atoms with Gasteiger partial charge >= 0.3 is 12.1 Å². The largest absolute Gasteiger partial charge is 0.479 e. The quantitative estimate of drug-likeness (QED) is 0.637. The number of carboxylic acids is 1. The predicted molar refractivity (Wildman–Crippen MR) is 33.4 cm³/mol. The first-order valence-corrected chi connectivity index (χ1v) is 2.91. The number of carboxylic acid groups (broad SMARTS) is 1. The van der Waals surface area contributed by atoms with Crippen LogP contribution in [-0.4, -0.2) is 28.5 Å². The SMILES string of the molecule is C=C[C@@H]([C@H](O)C(=O)O)C(F)(F)F. The minimum absolute atomic E-state index is 0.360. The van der Waals surface area contributed by atoms with Gasteiger partial charge in [-0.2, -0.15) is 13.2 Å². The molecule has 6 heteroatoms. The van der Waals surface area contributed by atoms with Crippen LogP contribution in [0, 0.1) is 5.92 Å². The van der Waals surface area contributed by atoms with Gasteiger partial charge in [-0.3, -0.25) is 0 Å². The fourth-order valence-corrected chi connectivity index (χ4v) is 0.595. The van der Waals surface area contributed by atoms with Crippen molar-refractivity contribution < 1.29 is 28.2 Å². The van der Waals surface area contributed by atoms with E-state index in [0.29, 0.717) is 6.08 Å². The normalized spacial score (nSPS) is 16.7. The summed E-state index contributed by atoms with van der Waals surface area (Å²) in [5.41, 5.74) is 0. The molecule has 3 nitrogen and oxygen atoms in total. The van der Waals surface area contributed by atoms with Crippen LogP contribution in [0.3, 0.4) is 0 Å². The molecule has 0 saturated heterocycles. The molecule has 0 rings (SSSR count). The van der Waals surface area contributed by atoms with E-state index in [1.165, 1.54) is 0 Å². The molecule has 0 amide bonds. The maximum atomic E-state index is 11.8. The van der Waals surface area contributed by atoms with Crippen LogP contribution in [-0.2, 0) is 4.79 Å². The zero-order valence-electron chi connectivity index (χ0n) is 5.88. The van der Waals surface area contributed by atoms with Crippen molar-refractivity contribution in [2.45, 2.75) is 12.3 Å². The fourth-order valence-electron chi connectivity index (χ4n) is 0.595. The third-order valence-electron chi connectivity index (χ3n) is 1.23. The van der Waals surface area contributed by atoms with E-state index >= 15 is 0 Å². The molecule has 0 aromatic rings. The number of alkyl halides is 3. The number of carbonyl (C=O) groups is 1. The molecule has 2 N–H and O–H groups in total. The first kappa shape index (κ1) is 11.0. The highest BCUT2D eigenvalue weighted by Crippen LogP contribution is 2.29. The molecule has 0 heterocycles. The summed E-state index contributed by atoms with van der Waals surface area (Å²) in [6, 6.07) is 0. The number of hydrogen-bond acceptors (Lipinski definition) is 2. The standard InChI is InChI=1S/C6H7F3O3/c1-2-3(6(7,8)9)4(10)5(11)12/h2-4,10H,1H2,(H,11,12)/t3-,4-/m0/s1. The van der Waals surface area contributed by atoms with Crippen molar-refractivity contribution in [3.8, 4) is 0 Å². The van der Waals surface area contributed by atoms with E-state index in [2.05, 4.69) is 6.58 Å². The van der Waals surface area contributed by atoms with Crippen LogP contribution in [0.1, 0.15) is 0 Å². The van der Waals surface area contributed by atoms with Crippen molar-refractivity contribution in [3.05, 3.63) is 12.7 Å². The van der Waals surface area contributed by atoms with Gasteiger partial charge in [-0.1, -0.05) is 6.08 Å². The van der Waals surface area contributed by atoms with Gasteiger partial charge in [0, 0.05) is 0 Å². The smallest absolute Gasteiger partial charge is 0.398 e. The maximum absolute atomic E-state index is 11.8. The van der Waals surface area contributed by atoms with Crippen LogP contribution in [0.4, 0.5) is 13.2 Å². The molecule has 0 aromatic carbocycles. The molecule has 0 unspecified atom stereocenters. The van der Waals surface area contributed by atoms with Gasteiger partial charge in [0.25, 0.3) is 0 Å². The van der Waals surface area contributed by atoms with Crippen LogP contribution in [0.5, 0.6) is 0 Å². The highest BCUT2D eigenvalue weighted by molar-refractivity contribution is 5.72. The van der Waals surface area contributed by atoms with Gasteiger partial charge in [-0.05, 0) is 0 Å². The first-order valence-electron chi connectivity index (χ1n) is 2.91. The topological polar surface area (TPSA) is 57.5 Å². The zero-order valence-corrected chi connectivity index (χ0v) is 5.88. The number of hydrogen-bond donors (Lipinski definition) is 2. The maximum Gasteiger partial charge on any atom is 0.398 e. The Kier molecular flexibility index (Phi) is 3.26. The molecule has 0 aromatic heterocycles. The number of aliphatic hydroxyl groups excluding tert-OH is 1. The summed E-state index contributed by atoms with van der Waals surface area (Å²) in [6.07, 6.45) is -6.90. The first-order chi connectivity index (χ1) is 5.30. The highest BCUT2D eigenvalue weighted by Gasteiger charge is 2.44. The molecule has 0 spiro atoms. The van der Waals surface area contributed by atoms with E-state index in [-0.39, 0.29) is 0 Å². The summed E-state index contributed by atoms with van der Waals surface area (Å²) in [5, 5.41) is 16.6. The third-order valence-corrected chi connectivity index (χ3v) is 1.23. The lowest BCUT2D eigenvalue weighted by Crippen LogP contribution is -2.37. The van der Waals surface area contributed by atoms with Gasteiger partial charge in [0.1, 0.15) is 5.92 Å². The Hall–Kier alpha value is -1.04. The van der Waals surface area contributed by atoms with E-state index in [1.807, 2.05) is 0 Å². The minimum Gasteiger partial charge on any atom is -0.479 e. The Morgan fingerprint density at radius 1 is 1.50 bits per heavy atom. The van der Waals surface area contributed by atoms with Crippen LogP contribution < -0.4 is 0 Å². The summed E-state index contributed by atoms with van der Waals surface area (Å²) in [7, 11) is 0. The summed E-state index contributed by atoms with van der Waals surface area (Å²) in [6.45, 7) is 2.79. The Balaban J connectivity index is 4.57. The lowest BCUT2D eigenvalue weighted by molar-refractivity contribution is -0.194. The lowest BCUT2D eigenvalue weighted by Gasteiger charge is -2.18. The third kappa shape index (κ3) is 2.54. The molecular weight excluding hydrogens is 177 g/mol. The predicted octanol–water partition coefficient (Wildman–Crippen LogP) is 0.796. The Morgan fingerprint density at radius 3 is 2.00 bits per heavy atom. The molecule has 0 aliphatic heterocycles. The van der Waals surface area contributed by atoms with E-state index in [9.17, 15) is 18.0 Å². The van der Waals surface area contributed by atoms with Gasteiger partial charge in [-0.15, -0.1) is 6.58 Å². The summed E-state index contributed by atoms with van der Waals surface area (Å²) in [5.74, 6) is -4.34. The molecular formula is C6H7F3O3. The highest BCUT2D eigenvalue weighted by atomic mass is 19.4. The van der Waals surface area contributed by atoms with Crippen LogP contribution in [0.25, 0.3) is 0 Å². The molecule has 0 bridgehead atoms. The van der Waals surface area contributed by atoms with Gasteiger partial charge < -0.3 is 10.2 Å². The molecule has 0 fully saturated rings. The van der Waals surface area contributed by atoms with Crippen molar-refractivity contribution in [2.75, 3.05) is 0 Å². The lowest BCUT2D eigenvalue weighted by atomic mass is 10.0. The molecule has 0 aliphatic carbocycles. The Morgan fingerprint density at radius 2 is 1.92 bits per heavy atom. The van der Waals surface area contributed by atoms with E-state index < -0.39 is 24.2 Å². The van der Waals surface area contributed by atoms with Gasteiger partial charge in [-0.25, -0.2) is 4.79 Å². The van der Waals surface area contributed by atoms with Crippen molar-refractivity contribution in [1.29, 1.82) is 0 Å². The summed E-state index contributed by atoms with van der Waals surface area (Å²) < 4.78 is 35.5. The average molecular weight is 184 g/mol. The van der Waals surface area contributed by atoms with Crippen LogP contribution in [0.2, 0.25) is 0 Å². The second-order valence-corrected chi connectivity index (χ2v) is 2.09. The molecule has 0 saturated carbocycles. The molecule has 12 heavy (non-hydrogen) atoms. The molecule has 2 atom stereocenters. The van der Waals surface area contributed by atoms with Crippen molar-refractivity contribution in [1.82, 2.24) is 0 Å². The Bertz CT molecular complexity index is 187. The molecule has 70 valence electrons. The van der Waals surface area contributed by atoms with Crippen LogP contribution >= 0.6 is 0 Å². The van der Waals surface area contributed by atoms with E-state index in [0.717, 1.165) is 0 Å². The van der Waals surface area contributed by atoms with Crippen molar-refractivity contribution >= 4 is 5.97 Å². The summed E-state index contributed by atoms with van der Waals surface area (Å²) >= 11 is 0. The van der Waals surface area contributed by atoms with E-state index in [1.54, 1.807) is 0 Å². The van der Waals surface area contributed by atoms with Crippen molar-refractivity contribution in [2.24, 2.45) is 5.92 Å². The number of halogens is 3. The molecule has 0 radical (unpaired) electrons. The second-order valence-electron chi connectivity index (χ2n) is 2.09. The number of rotatable bonds is 3. The van der Waals surface area contributed by atoms with Crippen LogP contribution in [0.15, 0.2) is 12.7 Å². The van der Waals surface area contributed by atoms with Gasteiger partial charge in [0.15, 0.2) is 6.10 Å². The van der Waals surface area contributed by atoms with Gasteiger partial charge in [0.05, 0.1) is 0 Å². The van der Waals surface area contributed by atoms with Crippen molar-refractivity contribution in [3.63, 3.8) is 0 Å². The number of aliphatic hydroxyl groups is 1. The average Bonchev–Trinajstić information content (AvgIpc) is 1.85. The van der Waals surface area contributed by atoms with E-state index in [4.69, 9.17) is 10.2 Å². The monoisotopic (exact) mass is 184 g/mol. The Labute approximate surface area is 66.1 Å². The number of aliphatic carboxylic acids is 1. The minimum atomic E-state index is -4.78. The fraction of sp³-hybridized carbons (Fsp3) is 0.500. The zero-order chi connectivity index (χ0) is 9.94. The van der Waals surface area contributed by atoms with Gasteiger partial charge in [0.2, 0.25) is 0 Å². The molecule has 0 aliphatic rings. The second kappa shape index (κ2) is 3.57.